The summed E-state index contributed by atoms with van der Waals surface area (Å²) in [7, 11) is 3.80. The summed E-state index contributed by atoms with van der Waals surface area (Å²) in [4.78, 5) is 26.5. The molecule has 1 amide bonds. The molecular formula is C33H34N8O2. The highest BCUT2D eigenvalue weighted by molar-refractivity contribution is 6.02. The monoisotopic (exact) mass is 574 g/mol. The molecule has 4 aromatic rings. The lowest BCUT2D eigenvalue weighted by molar-refractivity contribution is -0.111. The van der Waals surface area contributed by atoms with Crippen molar-refractivity contribution in [1.29, 1.82) is 5.26 Å². The van der Waals surface area contributed by atoms with E-state index in [0.29, 0.717) is 52.3 Å². The van der Waals surface area contributed by atoms with Gasteiger partial charge in [0.2, 0.25) is 11.9 Å². The third kappa shape index (κ3) is 4.85. The van der Waals surface area contributed by atoms with Crippen LogP contribution in [0.25, 0.3) is 22.2 Å². The molecule has 10 heteroatoms. The van der Waals surface area contributed by atoms with E-state index in [1.54, 1.807) is 13.3 Å². The van der Waals surface area contributed by atoms with E-state index >= 15 is 0 Å². The zero-order valence-corrected chi connectivity index (χ0v) is 24.4. The minimum Gasteiger partial charge on any atom is -0.494 e. The molecule has 43 heavy (non-hydrogen) atoms. The number of anilines is 4. The Morgan fingerprint density at radius 2 is 2.02 bits per heavy atom. The van der Waals surface area contributed by atoms with Gasteiger partial charge in [0.05, 0.1) is 41.6 Å². The van der Waals surface area contributed by atoms with Gasteiger partial charge in [0, 0.05) is 53.9 Å². The van der Waals surface area contributed by atoms with Crippen LogP contribution in [0.15, 0.2) is 61.4 Å². The predicted octanol–water partition coefficient (Wildman–Crippen LogP) is 5.32. The number of nitrogens with one attached hydrogen (secondary N) is 2. The third-order valence-corrected chi connectivity index (χ3v) is 9.02. The van der Waals surface area contributed by atoms with Gasteiger partial charge in [0.15, 0.2) is 0 Å². The average Bonchev–Trinajstić information content (AvgIpc) is 3.52. The summed E-state index contributed by atoms with van der Waals surface area (Å²) in [5.41, 5.74) is 5.14. The molecule has 2 N–H and O–H groups in total. The molecule has 0 bridgehead atoms. The first-order valence-corrected chi connectivity index (χ1v) is 14.7. The fourth-order valence-corrected chi connectivity index (χ4v) is 6.65. The highest BCUT2D eigenvalue weighted by Gasteiger charge is 2.40. The lowest BCUT2D eigenvalue weighted by Crippen LogP contribution is -2.32. The summed E-state index contributed by atoms with van der Waals surface area (Å²) < 4.78 is 8.12. The summed E-state index contributed by atoms with van der Waals surface area (Å²) in [6, 6.07) is 15.3. The van der Waals surface area contributed by atoms with Gasteiger partial charge in [-0.2, -0.15) is 5.26 Å². The first-order valence-electron chi connectivity index (χ1n) is 14.7. The summed E-state index contributed by atoms with van der Waals surface area (Å²) in [6.45, 7) is 6.55. The predicted molar refractivity (Wildman–Crippen MR) is 168 cm³/mol. The van der Waals surface area contributed by atoms with Crippen molar-refractivity contribution in [2.24, 2.45) is 5.92 Å². The van der Waals surface area contributed by atoms with Gasteiger partial charge in [-0.15, -0.1) is 0 Å². The van der Waals surface area contributed by atoms with E-state index in [9.17, 15) is 10.1 Å². The molecular weight excluding hydrogens is 540 g/mol. The minimum atomic E-state index is -0.294. The molecule has 2 aromatic heterocycles. The molecule has 3 fully saturated rings. The molecule has 2 saturated heterocycles. The van der Waals surface area contributed by atoms with Crippen molar-refractivity contribution in [2.45, 2.75) is 31.3 Å². The van der Waals surface area contributed by atoms with Crippen LogP contribution in [0, 0.1) is 17.2 Å². The van der Waals surface area contributed by atoms with E-state index < -0.39 is 0 Å². The molecule has 10 nitrogen and oxygen atoms in total. The maximum atomic E-state index is 12.5. The quantitative estimate of drug-likeness (QED) is 0.272. The Hall–Kier alpha value is -4.88. The lowest BCUT2D eigenvalue weighted by Gasteiger charge is -2.26. The number of carbonyl (C=O) groups excluding carboxylic acids is 1. The Morgan fingerprint density at radius 3 is 2.77 bits per heavy atom. The first kappa shape index (κ1) is 27.0. The number of benzene rings is 2. The van der Waals surface area contributed by atoms with E-state index in [4.69, 9.17) is 9.72 Å². The molecule has 0 radical (unpaired) electrons. The number of amides is 1. The topological polar surface area (TPSA) is 111 Å². The first-order chi connectivity index (χ1) is 21.0. The Balaban J connectivity index is 1.27. The van der Waals surface area contributed by atoms with Crippen LogP contribution in [0.2, 0.25) is 0 Å². The third-order valence-electron chi connectivity index (χ3n) is 9.02. The Morgan fingerprint density at radius 1 is 1.19 bits per heavy atom. The van der Waals surface area contributed by atoms with Crippen LogP contribution < -0.4 is 20.3 Å². The van der Waals surface area contributed by atoms with Crippen molar-refractivity contribution < 1.29 is 9.53 Å². The molecule has 218 valence electrons. The zero-order chi connectivity index (χ0) is 29.7. The van der Waals surface area contributed by atoms with Gasteiger partial charge >= 0.3 is 0 Å². The zero-order valence-electron chi connectivity index (χ0n) is 24.4. The van der Waals surface area contributed by atoms with Gasteiger partial charge in [-0.1, -0.05) is 24.8 Å². The number of hydrogen-bond donors (Lipinski definition) is 2. The second-order valence-electron chi connectivity index (χ2n) is 11.7. The van der Waals surface area contributed by atoms with Crippen molar-refractivity contribution in [1.82, 2.24) is 19.4 Å². The maximum absolute atomic E-state index is 12.5. The molecule has 7 rings (SSSR count). The van der Waals surface area contributed by atoms with Crippen LogP contribution in [0.3, 0.4) is 0 Å². The second-order valence-corrected chi connectivity index (χ2v) is 11.7. The van der Waals surface area contributed by atoms with Gasteiger partial charge in [-0.25, -0.2) is 9.97 Å². The molecule has 2 aliphatic heterocycles. The number of nitriles is 1. The minimum absolute atomic E-state index is 0.294. The van der Waals surface area contributed by atoms with Gasteiger partial charge in [0.25, 0.3) is 0 Å². The molecule has 3 aliphatic rings. The number of hydrogen-bond acceptors (Lipinski definition) is 8. The fourth-order valence-electron chi connectivity index (χ4n) is 6.65. The van der Waals surface area contributed by atoms with E-state index in [1.807, 2.05) is 24.3 Å². The number of fused-ring (bicyclic) bond motifs is 2. The van der Waals surface area contributed by atoms with Gasteiger partial charge in [0.1, 0.15) is 11.8 Å². The standard InChI is InChI=1S/C33H34N8O2/c1-4-31(42)36-25-13-26(30(43-3)14-28(25)40-17-20-11-12-39(2)29(20)19-40)37-33-35-16-21(15-34)32(38-33)24-18-41(22-9-10-22)27-8-6-5-7-23(24)27/h4-8,13-14,16,18,20,22,29H,1,9-12,17,19H2,2-3H3,(H,36,42)(H,35,37,38). The summed E-state index contributed by atoms with van der Waals surface area (Å²) in [6.07, 6.45) is 8.39. The fraction of sp³-hybridized carbons (Fsp3) is 0.333. The van der Waals surface area contributed by atoms with Crippen LogP contribution >= 0.6 is 0 Å². The van der Waals surface area contributed by atoms with Crippen LogP contribution in [-0.4, -0.2) is 65.2 Å². The molecule has 1 aliphatic carbocycles. The van der Waals surface area contributed by atoms with E-state index in [-0.39, 0.29) is 5.91 Å². The normalized spacial score (nSPS) is 19.7. The van der Waals surface area contributed by atoms with Crippen LogP contribution in [0.5, 0.6) is 5.75 Å². The highest BCUT2D eigenvalue weighted by Crippen LogP contribution is 2.43. The van der Waals surface area contributed by atoms with Crippen molar-refractivity contribution in [2.75, 3.05) is 49.3 Å². The van der Waals surface area contributed by atoms with Crippen molar-refractivity contribution in [3.8, 4) is 23.1 Å². The molecule has 1 saturated carbocycles. The number of ether oxygens (including phenoxy) is 1. The summed E-state index contributed by atoms with van der Waals surface area (Å²) in [5, 5.41) is 17.3. The number of likely N-dealkylation sites (N-methyl/N-ethyl adjacent to an activating group) is 1. The van der Waals surface area contributed by atoms with E-state index in [2.05, 4.69) is 68.0 Å². The van der Waals surface area contributed by atoms with Crippen molar-refractivity contribution >= 4 is 39.8 Å². The van der Waals surface area contributed by atoms with Gasteiger partial charge in [-0.3, -0.25) is 4.79 Å². The number of nitrogens with zero attached hydrogens (tertiary/aromatic N) is 6. The maximum Gasteiger partial charge on any atom is 0.247 e. The Bertz CT molecular complexity index is 1790. The van der Waals surface area contributed by atoms with E-state index in [0.717, 1.165) is 54.6 Å². The smallest absolute Gasteiger partial charge is 0.247 e. The summed E-state index contributed by atoms with van der Waals surface area (Å²) >= 11 is 0. The van der Waals surface area contributed by atoms with Crippen LogP contribution in [0.1, 0.15) is 30.9 Å². The van der Waals surface area contributed by atoms with Crippen molar-refractivity contribution in [3.05, 3.63) is 67.0 Å². The second kappa shape index (κ2) is 10.7. The number of para-hydroxylation sites is 1. The lowest BCUT2D eigenvalue weighted by atomic mass is 10.1. The number of methoxy groups -OCH3 is 1. The van der Waals surface area contributed by atoms with Crippen LogP contribution in [-0.2, 0) is 4.79 Å². The van der Waals surface area contributed by atoms with Gasteiger partial charge < -0.3 is 29.7 Å². The molecule has 2 atom stereocenters. The molecule has 2 aromatic carbocycles. The number of likely N-dealkylation sites (tertiary alicyclic amines) is 1. The largest absolute Gasteiger partial charge is 0.494 e. The molecule has 2 unspecified atom stereocenters. The average molecular weight is 575 g/mol. The molecule has 0 spiro atoms. The van der Waals surface area contributed by atoms with Gasteiger partial charge in [-0.05, 0) is 57.0 Å². The molecule has 4 heterocycles. The van der Waals surface area contributed by atoms with E-state index in [1.165, 1.54) is 12.5 Å². The Labute approximate surface area is 250 Å². The number of carbonyl (C=O) groups is 1. The van der Waals surface area contributed by atoms with Crippen LogP contribution in [0.4, 0.5) is 23.0 Å². The van der Waals surface area contributed by atoms with Crippen molar-refractivity contribution in [3.63, 3.8) is 0 Å². The summed E-state index contributed by atoms with van der Waals surface area (Å²) in [5.74, 6) is 1.21. The highest BCUT2D eigenvalue weighted by atomic mass is 16.5. The number of aromatic nitrogens is 3. The number of rotatable bonds is 8. The Kier molecular flexibility index (Phi) is 6.75. The SMILES string of the molecule is C=CC(=O)Nc1cc(Nc2ncc(C#N)c(-c3cn(C4CC4)c4ccccc34)n2)c(OC)cc1N1CC2CCN(C)C2C1.